The van der Waals surface area contributed by atoms with E-state index in [-0.39, 0.29) is 12.0 Å². The van der Waals surface area contributed by atoms with E-state index in [0.717, 1.165) is 17.7 Å². The summed E-state index contributed by atoms with van der Waals surface area (Å²) in [4.78, 5) is 0.321. The van der Waals surface area contributed by atoms with Crippen molar-refractivity contribution in [3.63, 3.8) is 0 Å². The van der Waals surface area contributed by atoms with Crippen molar-refractivity contribution in [1.29, 1.82) is 0 Å². The lowest BCUT2D eigenvalue weighted by molar-refractivity contribution is 0.427. The summed E-state index contributed by atoms with van der Waals surface area (Å²) in [5.41, 5.74) is 4.00. The maximum atomic E-state index is 13.4. The molecule has 4 aromatic carbocycles. The lowest BCUT2D eigenvalue weighted by Gasteiger charge is -2.38. The number of hydrogen-bond acceptors (Lipinski definition) is 3. The van der Waals surface area contributed by atoms with Crippen LogP contribution >= 0.6 is 0 Å². The van der Waals surface area contributed by atoms with Crippen molar-refractivity contribution < 1.29 is 8.42 Å². The third-order valence-electron chi connectivity index (χ3n) is 7.27. The van der Waals surface area contributed by atoms with Gasteiger partial charge in [0.05, 0.1) is 16.6 Å². The van der Waals surface area contributed by atoms with Gasteiger partial charge in [0, 0.05) is 18.7 Å². The number of sulfonamides is 1. The van der Waals surface area contributed by atoms with Crippen LogP contribution < -0.4 is 9.62 Å². The van der Waals surface area contributed by atoms with Crippen molar-refractivity contribution in [2.24, 2.45) is 5.92 Å². The van der Waals surface area contributed by atoms with E-state index in [2.05, 4.69) is 59.9 Å². The van der Waals surface area contributed by atoms with Gasteiger partial charge in [-0.15, -0.1) is 0 Å². The first-order valence-corrected chi connectivity index (χ1v) is 13.1. The zero-order chi connectivity index (χ0) is 23.3. The van der Waals surface area contributed by atoms with E-state index in [0.29, 0.717) is 16.5 Å². The third-order valence-corrected chi connectivity index (χ3v) is 9.05. The largest absolute Gasteiger partial charge is 0.378 e. The van der Waals surface area contributed by atoms with Crippen LogP contribution in [0.3, 0.4) is 0 Å². The standard InChI is InChI=1S/C29H26N2O2S/c1-31(21-11-3-2-4-12-21)34(32,33)22-17-18-28-27(19-22)24-14-8-16-26(24)29(30-28)25-15-7-10-20-9-5-6-13-23(20)25/h2-15,17-19,24,26,29-30H,16H2,1H3. The summed E-state index contributed by atoms with van der Waals surface area (Å²) in [6.07, 6.45) is 5.45. The molecule has 0 radical (unpaired) electrons. The van der Waals surface area contributed by atoms with Crippen LogP contribution in [0, 0.1) is 5.92 Å². The average Bonchev–Trinajstić information content (AvgIpc) is 3.38. The molecule has 1 heterocycles. The Bertz CT molecular complexity index is 1510. The highest BCUT2D eigenvalue weighted by atomic mass is 32.2. The van der Waals surface area contributed by atoms with Gasteiger partial charge in [-0.2, -0.15) is 0 Å². The van der Waals surface area contributed by atoms with Gasteiger partial charge >= 0.3 is 0 Å². The highest BCUT2D eigenvalue weighted by Crippen LogP contribution is 2.51. The number of para-hydroxylation sites is 1. The molecule has 0 spiro atoms. The maximum Gasteiger partial charge on any atom is 0.264 e. The molecular formula is C29H26N2O2S. The lowest BCUT2D eigenvalue weighted by Crippen LogP contribution is -2.30. The molecule has 1 aliphatic heterocycles. The van der Waals surface area contributed by atoms with E-state index >= 15 is 0 Å². The molecule has 3 atom stereocenters. The quantitative estimate of drug-likeness (QED) is 0.350. The van der Waals surface area contributed by atoms with Gasteiger partial charge in [-0.3, -0.25) is 4.31 Å². The van der Waals surface area contributed by atoms with Gasteiger partial charge in [0.15, 0.2) is 0 Å². The van der Waals surface area contributed by atoms with E-state index < -0.39 is 10.0 Å². The van der Waals surface area contributed by atoms with Crippen LogP contribution in [0.25, 0.3) is 10.8 Å². The first-order valence-electron chi connectivity index (χ1n) is 11.6. The summed E-state index contributed by atoms with van der Waals surface area (Å²) in [6.45, 7) is 0. The Morgan fingerprint density at radius 2 is 1.62 bits per heavy atom. The molecule has 170 valence electrons. The zero-order valence-electron chi connectivity index (χ0n) is 18.9. The van der Waals surface area contributed by atoms with Crippen LogP contribution in [0.5, 0.6) is 0 Å². The second kappa shape index (κ2) is 8.03. The van der Waals surface area contributed by atoms with Crippen LogP contribution in [-0.4, -0.2) is 15.5 Å². The predicted octanol–water partition coefficient (Wildman–Crippen LogP) is 6.49. The van der Waals surface area contributed by atoms with Crippen LogP contribution in [0.15, 0.2) is 108 Å². The van der Waals surface area contributed by atoms with Gasteiger partial charge in [0.2, 0.25) is 0 Å². The van der Waals surface area contributed by atoms with Crippen LogP contribution in [-0.2, 0) is 10.0 Å². The molecule has 0 aromatic heterocycles. The zero-order valence-corrected chi connectivity index (χ0v) is 19.7. The first kappa shape index (κ1) is 21.0. The predicted molar refractivity (Wildman–Crippen MR) is 139 cm³/mol. The molecule has 0 amide bonds. The van der Waals surface area contributed by atoms with E-state index in [9.17, 15) is 8.42 Å². The summed E-state index contributed by atoms with van der Waals surface area (Å²) in [7, 11) is -2.06. The highest BCUT2D eigenvalue weighted by molar-refractivity contribution is 7.92. The fraction of sp³-hybridized carbons (Fsp3) is 0.172. The number of anilines is 2. The van der Waals surface area contributed by atoms with Gasteiger partial charge < -0.3 is 5.32 Å². The number of nitrogens with zero attached hydrogens (tertiary/aromatic N) is 1. The minimum atomic E-state index is -3.67. The number of fused-ring (bicyclic) bond motifs is 4. The molecule has 0 bridgehead atoms. The topological polar surface area (TPSA) is 49.4 Å². The third kappa shape index (κ3) is 3.31. The van der Waals surface area contributed by atoms with Gasteiger partial charge in [0.1, 0.15) is 0 Å². The second-order valence-electron chi connectivity index (χ2n) is 9.10. The summed E-state index contributed by atoms with van der Waals surface area (Å²) in [5.74, 6) is 0.514. The lowest BCUT2D eigenvalue weighted by atomic mass is 9.76. The molecule has 4 nitrogen and oxygen atoms in total. The summed E-state index contributed by atoms with van der Waals surface area (Å²) >= 11 is 0. The fourth-order valence-electron chi connectivity index (χ4n) is 5.50. The van der Waals surface area contributed by atoms with E-state index in [1.165, 1.54) is 20.6 Å². The first-order chi connectivity index (χ1) is 16.5. The molecule has 0 saturated heterocycles. The summed E-state index contributed by atoms with van der Waals surface area (Å²) < 4.78 is 28.2. The second-order valence-corrected chi connectivity index (χ2v) is 11.1. The molecule has 4 aromatic rings. The van der Waals surface area contributed by atoms with E-state index in [4.69, 9.17) is 0 Å². The molecule has 0 fully saturated rings. The molecule has 3 unspecified atom stereocenters. The Labute approximate surface area is 200 Å². The van der Waals surface area contributed by atoms with Crippen molar-refractivity contribution in [2.45, 2.75) is 23.3 Å². The van der Waals surface area contributed by atoms with Crippen LogP contribution in [0.4, 0.5) is 11.4 Å². The maximum absolute atomic E-state index is 13.4. The van der Waals surface area contributed by atoms with Gasteiger partial charge in [0.25, 0.3) is 10.0 Å². The van der Waals surface area contributed by atoms with Gasteiger partial charge in [-0.25, -0.2) is 8.42 Å². The van der Waals surface area contributed by atoms with Crippen LogP contribution in [0.2, 0.25) is 0 Å². The minimum absolute atomic E-state index is 0.160. The van der Waals surface area contributed by atoms with Crippen molar-refractivity contribution in [3.8, 4) is 0 Å². The Hall–Kier alpha value is -3.57. The molecule has 2 aliphatic rings. The Kier molecular flexibility index (Phi) is 4.96. The number of hydrogen-bond donors (Lipinski definition) is 1. The summed E-state index contributed by atoms with van der Waals surface area (Å²) in [5, 5.41) is 6.27. The van der Waals surface area contributed by atoms with Gasteiger partial charge in [-0.05, 0) is 64.6 Å². The number of benzene rings is 4. The molecule has 0 saturated carbocycles. The Morgan fingerprint density at radius 1 is 0.853 bits per heavy atom. The number of nitrogens with one attached hydrogen (secondary N) is 1. The molecule has 34 heavy (non-hydrogen) atoms. The normalized spacial score (nSPS) is 21.0. The smallest absolute Gasteiger partial charge is 0.264 e. The summed E-state index contributed by atoms with van der Waals surface area (Å²) in [6, 6.07) is 29.9. The SMILES string of the molecule is CN(c1ccccc1)S(=O)(=O)c1ccc2c(c1)C1C=CCC1C(c1cccc3ccccc13)N2. The highest BCUT2D eigenvalue weighted by Gasteiger charge is 2.39. The van der Waals surface area contributed by atoms with E-state index in [1.54, 1.807) is 13.1 Å². The van der Waals surface area contributed by atoms with Gasteiger partial charge in [-0.1, -0.05) is 72.8 Å². The minimum Gasteiger partial charge on any atom is -0.378 e. The Balaban J connectivity index is 1.41. The molecular weight excluding hydrogens is 440 g/mol. The molecule has 5 heteroatoms. The van der Waals surface area contributed by atoms with E-state index in [1.807, 2.05) is 42.5 Å². The fourth-order valence-corrected chi connectivity index (χ4v) is 6.73. The number of rotatable bonds is 4. The van der Waals surface area contributed by atoms with Crippen molar-refractivity contribution in [1.82, 2.24) is 0 Å². The van der Waals surface area contributed by atoms with Crippen molar-refractivity contribution >= 4 is 32.2 Å². The monoisotopic (exact) mass is 466 g/mol. The average molecular weight is 467 g/mol. The van der Waals surface area contributed by atoms with Crippen LogP contribution in [0.1, 0.15) is 29.5 Å². The molecule has 6 rings (SSSR count). The molecule has 1 aliphatic carbocycles. The molecule has 1 N–H and O–H groups in total. The number of allylic oxidation sites excluding steroid dienone is 2. The van der Waals surface area contributed by atoms with Crippen molar-refractivity contribution in [3.05, 3.63) is 114 Å². The van der Waals surface area contributed by atoms with Crippen molar-refractivity contribution in [2.75, 3.05) is 16.7 Å². The Morgan fingerprint density at radius 3 is 2.47 bits per heavy atom.